The predicted molar refractivity (Wildman–Crippen MR) is 100 cm³/mol. The zero-order valence-corrected chi connectivity index (χ0v) is 15.1. The Labute approximate surface area is 155 Å². The van der Waals surface area contributed by atoms with Gasteiger partial charge in [-0.05, 0) is 25.5 Å². The van der Waals surface area contributed by atoms with Crippen LogP contribution in [0.2, 0.25) is 0 Å². The highest BCUT2D eigenvalue weighted by atomic mass is 16.5. The zero-order chi connectivity index (χ0) is 19.0. The number of benzene rings is 1. The monoisotopic (exact) mass is 365 g/mol. The molecule has 3 heterocycles. The standard InChI is InChI=1S/C19H19N5O3/c1-12-14(11-24-17(21-12)7-8-20-24)19(26)22-13-5-6-15(16(10-13)27-2)23-9-3-4-18(23)25/h5-8,10-11H,3-4,9H2,1-2H3,(H,22,26). The first-order valence-electron chi connectivity index (χ1n) is 8.67. The van der Waals surface area contributed by atoms with E-state index in [0.717, 1.165) is 6.42 Å². The van der Waals surface area contributed by atoms with E-state index in [0.29, 0.717) is 47.0 Å². The molecule has 0 bridgehead atoms. The largest absolute Gasteiger partial charge is 0.494 e. The fourth-order valence-electron chi connectivity index (χ4n) is 3.25. The van der Waals surface area contributed by atoms with Crippen LogP contribution in [-0.4, -0.2) is 40.1 Å². The number of methoxy groups -OCH3 is 1. The van der Waals surface area contributed by atoms with E-state index in [1.165, 1.54) is 0 Å². The molecule has 2 aromatic heterocycles. The van der Waals surface area contributed by atoms with Crippen molar-refractivity contribution < 1.29 is 14.3 Å². The molecule has 8 nitrogen and oxygen atoms in total. The van der Waals surface area contributed by atoms with Gasteiger partial charge in [0.25, 0.3) is 5.91 Å². The number of anilines is 2. The molecule has 0 atom stereocenters. The van der Waals surface area contributed by atoms with Gasteiger partial charge in [0.2, 0.25) is 5.91 Å². The van der Waals surface area contributed by atoms with E-state index < -0.39 is 0 Å². The fraction of sp³-hybridized carbons (Fsp3) is 0.263. The van der Waals surface area contributed by atoms with Gasteiger partial charge in [0.1, 0.15) is 5.75 Å². The van der Waals surface area contributed by atoms with Crippen molar-refractivity contribution in [3.63, 3.8) is 0 Å². The summed E-state index contributed by atoms with van der Waals surface area (Å²) in [5, 5.41) is 6.97. The Morgan fingerprint density at radius 2 is 2.15 bits per heavy atom. The number of rotatable bonds is 4. The Bertz CT molecular complexity index is 1040. The molecule has 1 aromatic carbocycles. The van der Waals surface area contributed by atoms with Crippen LogP contribution in [-0.2, 0) is 4.79 Å². The molecule has 4 rings (SSSR count). The van der Waals surface area contributed by atoms with E-state index in [2.05, 4.69) is 15.4 Å². The molecule has 27 heavy (non-hydrogen) atoms. The minimum atomic E-state index is -0.288. The third-order valence-corrected chi connectivity index (χ3v) is 4.62. The smallest absolute Gasteiger partial charge is 0.259 e. The van der Waals surface area contributed by atoms with Crippen molar-refractivity contribution in [3.05, 3.63) is 47.9 Å². The lowest BCUT2D eigenvalue weighted by molar-refractivity contribution is -0.117. The Hall–Kier alpha value is -3.42. The molecule has 8 heteroatoms. The number of nitrogens with one attached hydrogen (secondary N) is 1. The maximum atomic E-state index is 12.7. The number of ether oxygens (including phenoxy) is 1. The summed E-state index contributed by atoms with van der Waals surface area (Å²) in [4.78, 5) is 30.8. The Balaban J connectivity index is 1.60. The lowest BCUT2D eigenvalue weighted by Crippen LogP contribution is -2.24. The van der Waals surface area contributed by atoms with Crippen molar-refractivity contribution in [1.29, 1.82) is 0 Å². The summed E-state index contributed by atoms with van der Waals surface area (Å²) in [6.45, 7) is 2.46. The number of nitrogens with zero attached hydrogens (tertiary/aromatic N) is 4. The van der Waals surface area contributed by atoms with E-state index in [1.54, 1.807) is 60.1 Å². The maximum Gasteiger partial charge on any atom is 0.259 e. The molecule has 1 saturated heterocycles. The number of carbonyl (C=O) groups is 2. The number of aromatic nitrogens is 3. The molecule has 138 valence electrons. The second-order valence-corrected chi connectivity index (χ2v) is 6.36. The number of amides is 2. The molecule has 1 N–H and O–H groups in total. The summed E-state index contributed by atoms with van der Waals surface area (Å²) in [5.74, 6) is 0.337. The van der Waals surface area contributed by atoms with Gasteiger partial charge in [-0.3, -0.25) is 9.59 Å². The number of fused-ring (bicyclic) bond motifs is 1. The second-order valence-electron chi connectivity index (χ2n) is 6.36. The molecule has 0 saturated carbocycles. The van der Waals surface area contributed by atoms with Gasteiger partial charge in [-0.25, -0.2) is 9.50 Å². The molecule has 3 aromatic rings. The SMILES string of the molecule is COc1cc(NC(=O)c2cn3nccc3nc2C)ccc1N1CCCC1=O. The minimum Gasteiger partial charge on any atom is -0.494 e. The first-order chi connectivity index (χ1) is 13.1. The highest BCUT2D eigenvalue weighted by molar-refractivity contribution is 6.05. The van der Waals surface area contributed by atoms with E-state index in [-0.39, 0.29) is 11.8 Å². The Morgan fingerprint density at radius 1 is 1.30 bits per heavy atom. The molecule has 2 amide bonds. The Morgan fingerprint density at radius 3 is 2.89 bits per heavy atom. The fourth-order valence-corrected chi connectivity index (χ4v) is 3.25. The maximum absolute atomic E-state index is 12.7. The molecule has 1 fully saturated rings. The van der Waals surface area contributed by atoms with Crippen molar-refractivity contribution in [3.8, 4) is 5.75 Å². The Kier molecular flexibility index (Phi) is 4.23. The molecule has 0 radical (unpaired) electrons. The highest BCUT2D eigenvalue weighted by Crippen LogP contribution is 2.34. The van der Waals surface area contributed by atoms with Gasteiger partial charge in [-0.2, -0.15) is 5.10 Å². The van der Waals surface area contributed by atoms with Crippen LogP contribution < -0.4 is 15.0 Å². The van der Waals surface area contributed by atoms with Crippen LogP contribution in [0.3, 0.4) is 0 Å². The van der Waals surface area contributed by atoms with Crippen LogP contribution in [0.4, 0.5) is 11.4 Å². The van der Waals surface area contributed by atoms with Crippen LogP contribution in [0.15, 0.2) is 36.7 Å². The van der Waals surface area contributed by atoms with Crippen LogP contribution in [0, 0.1) is 6.92 Å². The number of hydrogen-bond acceptors (Lipinski definition) is 5. The van der Waals surface area contributed by atoms with Crippen LogP contribution in [0.25, 0.3) is 5.65 Å². The number of hydrogen-bond donors (Lipinski definition) is 1. The van der Waals surface area contributed by atoms with E-state index >= 15 is 0 Å². The van der Waals surface area contributed by atoms with E-state index in [9.17, 15) is 9.59 Å². The first-order valence-corrected chi connectivity index (χ1v) is 8.67. The summed E-state index contributed by atoms with van der Waals surface area (Å²) in [5.41, 5.74) is 3.03. The lowest BCUT2D eigenvalue weighted by Gasteiger charge is -2.19. The normalized spacial score (nSPS) is 14.0. The molecule has 0 aliphatic carbocycles. The van der Waals surface area contributed by atoms with E-state index in [1.807, 2.05) is 0 Å². The van der Waals surface area contributed by atoms with Crippen molar-refractivity contribution >= 4 is 28.8 Å². The second kappa shape index (κ2) is 6.71. The predicted octanol–water partition coefficient (Wildman–Crippen LogP) is 2.43. The topological polar surface area (TPSA) is 88.8 Å². The summed E-state index contributed by atoms with van der Waals surface area (Å²) >= 11 is 0. The van der Waals surface area contributed by atoms with Gasteiger partial charge in [0, 0.05) is 37.0 Å². The molecule has 1 aliphatic rings. The van der Waals surface area contributed by atoms with E-state index in [4.69, 9.17) is 4.74 Å². The quantitative estimate of drug-likeness (QED) is 0.767. The van der Waals surface area contributed by atoms with Gasteiger partial charge in [-0.1, -0.05) is 0 Å². The van der Waals surface area contributed by atoms with Gasteiger partial charge in [-0.15, -0.1) is 0 Å². The van der Waals surface area contributed by atoms with Crippen molar-refractivity contribution in [2.75, 3.05) is 23.9 Å². The van der Waals surface area contributed by atoms with Crippen molar-refractivity contribution in [2.24, 2.45) is 0 Å². The van der Waals surface area contributed by atoms with Crippen LogP contribution >= 0.6 is 0 Å². The molecule has 0 unspecified atom stereocenters. The molecular weight excluding hydrogens is 346 g/mol. The molecular formula is C19H19N5O3. The third kappa shape index (κ3) is 3.10. The van der Waals surface area contributed by atoms with Gasteiger partial charge in [0.05, 0.1) is 30.3 Å². The zero-order valence-electron chi connectivity index (χ0n) is 15.1. The first kappa shape index (κ1) is 17.0. The molecule has 0 spiro atoms. The summed E-state index contributed by atoms with van der Waals surface area (Å²) in [7, 11) is 1.55. The van der Waals surface area contributed by atoms with Gasteiger partial charge >= 0.3 is 0 Å². The van der Waals surface area contributed by atoms with Crippen molar-refractivity contribution in [1.82, 2.24) is 14.6 Å². The lowest BCUT2D eigenvalue weighted by atomic mass is 10.2. The average Bonchev–Trinajstić information content (AvgIpc) is 3.29. The van der Waals surface area contributed by atoms with Gasteiger partial charge < -0.3 is 15.0 Å². The van der Waals surface area contributed by atoms with Gasteiger partial charge in [0.15, 0.2) is 5.65 Å². The third-order valence-electron chi connectivity index (χ3n) is 4.62. The number of aryl methyl sites for hydroxylation is 1. The van der Waals surface area contributed by atoms with Crippen molar-refractivity contribution in [2.45, 2.75) is 19.8 Å². The van der Waals surface area contributed by atoms with Crippen LogP contribution in [0.1, 0.15) is 28.9 Å². The highest BCUT2D eigenvalue weighted by Gasteiger charge is 2.24. The molecule has 1 aliphatic heterocycles. The van der Waals surface area contributed by atoms with Crippen LogP contribution in [0.5, 0.6) is 5.75 Å². The number of carbonyl (C=O) groups excluding carboxylic acids is 2. The summed E-state index contributed by atoms with van der Waals surface area (Å²) in [6, 6.07) is 7.04. The summed E-state index contributed by atoms with van der Waals surface area (Å²) in [6.07, 6.45) is 4.67. The average molecular weight is 365 g/mol. The summed E-state index contributed by atoms with van der Waals surface area (Å²) < 4.78 is 6.99. The minimum absolute atomic E-state index is 0.0827.